The average Bonchev–Trinajstić information content (AvgIpc) is 3.14. The third-order valence-corrected chi connectivity index (χ3v) is 4.94. The fourth-order valence-electron chi connectivity index (χ4n) is 2.35. The maximum absolute atomic E-state index is 12.3. The lowest BCUT2D eigenvalue weighted by Gasteiger charge is -2.27. The molecule has 0 aromatic rings. The van der Waals surface area contributed by atoms with Gasteiger partial charge in [-0.15, -0.1) is 11.8 Å². The molecule has 1 N–H and O–H groups in total. The minimum Gasteiger partial charge on any atom is -0.480 e. The van der Waals surface area contributed by atoms with Crippen molar-refractivity contribution in [2.45, 2.75) is 44.0 Å². The Hall–Kier alpha value is -1.24. The lowest BCUT2D eigenvalue weighted by Crippen LogP contribution is -2.46. The van der Waals surface area contributed by atoms with Crippen LogP contribution in [0.15, 0.2) is 0 Å². The number of carboxylic acids is 1. The number of esters is 1. The molecule has 2 fully saturated rings. The standard InChI is InChI=1S/C13H19NO5S/c1-2-19-11(16)6-5-10(15)14-9(13(17)18)7-20-12(14)8-3-4-8/h8-9,12H,2-7H2,1H3,(H,17,18). The monoisotopic (exact) mass is 301 g/mol. The van der Waals surface area contributed by atoms with Crippen LogP contribution in [-0.2, 0) is 19.1 Å². The van der Waals surface area contributed by atoms with Crippen molar-refractivity contribution >= 4 is 29.6 Å². The van der Waals surface area contributed by atoms with E-state index in [2.05, 4.69) is 0 Å². The van der Waals surface area contributed by atoms with Gasteiger partial charge in [0.2, 0.25) is 5.91 Å². The molecule has 0 aromatic carbocycles. The van der Waals surface area contributed by atoms with Crippen molar-refractivity contribution in [3.8, 4) is 0 Å². The second-order valence-electron chi connectivity index (χ2n) is 5.02. The Kier molecular flexibility index (Phi) is 4.91. The zero-order valence-electron chi connectivity index (χ0n) is 11.4. The van der Waals surface area contributed by atoms with Gasteiger partial charge in [-0.2, -0.15) is 0 Å². The number of aliphatic carboxylic acids is 1. The molecule has 2 atom stereocenters. The van der Waals surface area contributed by atoms with Crippen molar-refractivity contribution in [3.63, 3.8) is 0 Å². The fourth-order valence-corrected chi connectivity index (χ4v) is 4.00. The van der Waals surface area contributed by atoms with E-state index < -0.39 is 18.0 Å². The number of nitrogens with zero attached hydrogens (tertiary/aromatic N) is 1. The van der Waals surface area contributed by atoms with Gasteiger partial charge in [-0.05, 0) is 25.7 Å². The van der Waals surface area contributed by atoms with Gasteiger partial charge in [0.15, 0.2) is 0 Å². The van der Waals surface area contributed by atoms with Crippen molar-refractivity contribution in [2.24, 2.45) is 5.92 Å². The molecule has 20 heavy (non-hydrogen) atoms. The normalized spacial score (nSPS) is 25.6. The first-order chi connectivity index (χ1) is 9.54. The molecule has 1 saturated carbocycles. The molecule has 1 heterocycles. The summed E-state index contributed by atoms with van der Waals surface area (Å²) in [4.78, 5) is 36.3. The maximum Gasteiger partial charge on any atom is 0.327 e. The molecule has 0 radical (unpaired) electrons. The third-order valence-electron chi connectivity index (χ3n) is 3.48. The molecule has 0 aromatic heterocycles. The number of hydrogen-bond donors (Lipinski definition) is 1. The highest BCUT2D eigenvalue weighted by molar-refractivity contribution is 8.00. The number of carbonyl (C=O) groups is 3. The molecule has 6 nitrogen and oxygen atoms in total. The summed E-state index contributed by atoms with van der Waals surface area (Å²) >= 11 is 1.54. The SMILES string of the molecule is CCOC(=O)CCC(=O)N1C(C(=O)O)CSC1C1CC1. The number of ether oxygens (including phenoxy) is 1. The zero-order valence-corrected chi connectivity index (χ0v) is 12.2. The van der Waals surface area contributed by atoms with E-state index in [4.69, 9.17) is 4.74 Å². The molecular formula is C13H19NO5S. The van der Waals surface area contributed by atoms with Crippen molar-refractivity contribution in [1.29, 1.82) is 0 Å². The van der Waals surface area contributed by atoms with Crippen LogP contribution in [-0.4, -0.2) is 51.6 Å². The molecule has 1 saturated heterocycles. The smallest absolute Gasteiger partial charge is 0.327 e. The summed E-state index contributed by atoms with van der Waals surface area (Å²) in [6.07, 6.45) is 2.13. The summed E-state index contributed by atoms with van der Waals surface area (Å²) in [5.74, 6) is -0.794. The highest BCUT2D eigenvalue weighted by atomic mass is 32.2. The van der Waals surface area contributed by atoms with Crippen LogP contribution in [0, 0.1) is 5.92 Å². The Labute approximate surface area is 121 Å². The number of thioether (sulfide) groups is 1. The van der Waals surface area contributed by atoms with E-state index in [9.17, 15) is 19.5 Å². The summed E-state index contributed by atoms with van der Waals surface area (Å²) < 4.78 is 4.78. The van der Waals surface area contributed by atoms with Crippen LogP contribution in [0.5, 0.6) is 0 Å². The van der Waals surface area contributed by atoms with Crippen LogP contribution < -0.4 is 0 Å². The third kappa shape index (κ3) is 3.45. The average molecular weight is 301 g/mol. The molecule has 1 aliphatic heterocycles. The van der Waals surface area contributed by atoms with Crippen LogP contribution in [0.4, 0.5) is 0 Å². The van der Waals surface area contributed by atoms with E-state index in [-0.39, 0.29) is 30.7 Å². The van der Waals surface area contributed by atoms with Crippen molar-refractivity contribution in [1.82, 2.24) is 4.90 Å². The Balaban J connectivity index is 1.96. The van der Waals surface area contributed by atoms with Gasteiger partial charge in [-0.3, -0.25) is 9.59 Å². The molecule has 2 unspecified atom stereocenters. The minimum absolute atomic E-state index is 0.0115. The topological polar surface area (TPSA) is 83.9 Å². The summed E-state index contributed by atoms with van der Waals surface area (Å²) in [5, 5.41) is 9.18. The maximum atomic E-state index is 12.3. The Morgan fingerprint density at radius 2 is 2.00 bits per heavy atom. The van der Waals surface area contributed by atoms with E-state index in [0.29, 0.717) is 11.7 Å². The van der Waals surface area contributed by atoms with Gasteiger partial charge in [0.25, 0.3) is 0 Å². The Morgan fingerprint density at radius 1 is 1.30 bits per heavy atom. The summed E-state index contributed by atoms with van der Waals surface area (Å²) in [7, 11) is 0. The molecular weight excluding hydrogens is 282 g/mol. The molecule has 1 amide bonds. The first kappa shape index (κ1) is 15.2. The molecule has 2 aliphatic rings. The zero-order chi connectivity index (χ0) is 14.7. The molecule has 2 rings (SSSR count). The number of rotatable bonds is 6. The van der Waals surface area contributed by atoms with E-state index >= 15 is 0 Å². The van der Waals surface area contributed by atoms with Crippen LogP contribution in [0.1, 0.15) is 32.6 Å². The van der Waals surface area contributed by atoms with Crippen LogP contribution in [0.2, 0.25) is 0 Å². The first-order valence-electron chi connectivity index (χ1n) is 6.85. The van der Waals surface area contributed by atoms with E-state index in [1.165, 1.54) is 16.7 Å². The summed E-state index contributed by atoms with van der Waals surface area (Å²) in [6.45, 7) is 2.00. The van der Waals surface area contributed by atoms with Crippen LogP contribution in [0.3, 0.4) is 0 Å². The second-order valence-corrected chi connectivity index (χ2v) is 6.17. The van der Waals surface area contributed by atoms with Gasteiger partial charge in [0.1, 0.15) is 6.04 Å². The molecule has 0 bridgehead atoms. The van der Waals surface area contributed by atoms with E-state index in [0.717, 1.165) is 12.8 Å². The summed E-state index contributed by atoms with van der Waals surface area (Å²) in [5.41, 5.74) is 0. The Bertz CT molecular complexity index is 410. The van der Waals surface area contributed by atoms with Crippen molar-refractivity contribution in [2.75, 3.05) is 12.4 Å². The van der Waals surface area contributed by atoms with Gasteiger partial charge < -0.3 is 14.7 Å². The molecule has 0 spiro atoms. The van der Waals surface area contributed by atoms with E-state index in [1.807, 2.05) is 0 Å². The number of carboxylic acid groups (broad SMARTS) is 1. The highest BCUT2D eigenvalue weighted by Crippen LogP contribution is 2.45. The quantitative estimate of drug-likeness (QED) is 0.739. The largest absolute Gasteiger partial charge is 0.480 e. The Morgan fingerprint density at radius 3 is 2.55 bits per heavy atom. The number of amides is 1. The molecule has 1 aliphatic carbocycles. The minimum atomic E-state index is -0.967. The van der Waals surface area contributed by atoms with Crippen molar-refractivity contribution in [3.05, 3.63) is 0 Å². The summed E-state index contributed by atoms with van der Waals surface area (Å²) in [6, 6.07) is -0.764. The number of hydrogen-bond acceptors (Lipinski definition) is 5. The highest BCUT2D eigenvalue weighted by Gasteiger charge is 2.47. The molecule has 7 heteroatoms. The molecule has 112 valence electrons. The van der Waals surface area contributed by atoms with Crippen LogP contribution >= 0.6 is 11.8 Å². The predicted molar refractivity (Wildman–Crippen MR) is 73.1 cm³/mol. The fraction of sp³-hybridized carbons (Fsp3) is 0.769. The first-order valence-corrected chi connectivity index (χ1v) is 7.90. The second kappa shape index (κ2) is 6.47. The lowest BCUT2D eigenvalue weighted by molar-refractivity contribution is -0.150. The van der Waals surface area contributed by atoms with Crippen LogP contribution in [0.25, 0.3) is 0 Å². The number of carbonyl (C=O) groups excluding carboxylic acids is 2. The van der Waals surface area contributed by atoms with Gasteiger partial charge in [-0.25, -0.2) is 4.79 Å². The van der Waals surface area contributed by atoms with Gasteiger partial charge >= 0.3 is 11.9 Å². The van der Waals surface area contributed by atoms with Gasteiger partial charge in [0.05, 0.1) is 18.4 Å². The predicted octanol–water partition coefficient (Wildman–Crippen LogP) is 1.09. The van der Waals surface area contributed by atoms with E-state index in [1.54, 1.807) is 6.92 Å². The van der Waals surface area contributed by atoms with Crippen molar-refractivity contribution < 1.29 is 24.2 Å². The lowest BCUT2D eigenvalue weighted by atomic mass is 10.2. The van der Waals surface area contributed by atoms with Gasteiger partial charge in [0, 0.05) is 12.2 Å². The van der Waals surface area contributed by atoms with Gasteiger partial charge in [-0.1, -0.05) is 0 Å².